The Morgan fingerprint density at radius 2 is 1.90 bits per heavy atom. The van der Waals surface area contributed by atoms with Gasteiger partial charge in [0.05, 0.1) is 12.3 Å². The summed E-state index contributed by atoms with van der Waals surface area (Å²) in [4.78, 5) is 23.4. The second-order valence-electron chi connectivity index (χ2n) is 4.53. The summed E-state index contributed by atoms with van der Waals surface area (Å²) in [5, 5.41) is 12.0. The summed E-state index contributed by atoms with van der Waals surface area (Å²) < 4.78 is 4.83. The number of hydrogen-bond acceptors (Lipinski definition) is 5. The van der Waals surface area contributed by atoms with E-state index in [4.69, 9.17) is 4.74 Å². The zero-order valence-electron chi connectivity index (χ0n) is 12.7. The lowest BCUT2D eigenvalue weighted by atomic mass is 10.2. The molecule has 114 valence electrons. The number of carbonyl (C=O) groups is 2. The Balaban J connectivity index is 2.65. The van der Waals surface area contributed by atoms with E-state index < -0.39 is 12.0 Å². The molecule has 7 nitrogen and oxygen atoms in total. The number of nitrogens with zero attached hydrogens (tertiary/aromatic N) is 3. The molecule has 0 aromatic heterocycles. The van der Waals surface area contributed by atoms with Crippen LogP contribution in [0, 0.1) is 0 Å². The van der Waals surface area contributed by atoms with Gasteiger partial charge in [0.15, 0.2) is 0 Å². The van der Waals surface area contributed by atoms with Crippen LogP contribution in [0.2, 0.25) is 0 Å². The highest BCUT2D eigenvalue weighted by Gasteiger charge is 2.17. The van der Waals surface area contributed by atoms with E-state index in [0.717, 1.165) is 0 Å². The van der Waals surface area contributed by atoms with Gasteiger partial charge < -0.3 is 10.1 Å². The fraction of sp³-hybridized carbons (Fsp3) is 0.429. The summed E-state index contributed by atoms with van der Waals surface area (Å²) in [5.74, 6) is -0.797. The van der Waals surface area contributed by atoms with Crippen molar-refractivity contribution in [1.82, 2.24) is 10.3 Å². The smallest absolute Gasteiger partial charge is 0.328 e. The first-order valence-corrected chi connectivity index (χ1v) is 6.60. The Bertz CT molecular complexity index is 511. The third kappa shape index (κ3) is 5.60. The number of carbonyl (C=O) groups excluding carboxylic acids is 2. The van der Waals surface area contributed by atoms with Crippen molar-refractivity contribution < 1.29 is 14.3 Å². The van der Waals surface area contributed by atoms with Gasteiger partial charge in [-0.2, -0.15) is 0 Å². The molecule has 0 aliphatic rings. The minimum absolute atomic E-state index is 0.282. The van der Waals surface area contributed by atoms with Crippen LogP contribution in [0.5, 0.6) is 0 Å². The molecule has 1 amide bonds. The van der Waals surface area contributed by atoms with Crippen molar-refractivity contribution in [2.45, 2.75) is 19.9 Å². The highest BCUT2D eigenvalue weighted by atomic mass is 16.5. The van der Waals surface area contributed by atoms with Gasteiger partial charge in [-0.1, -0.05) is 5.22 Å². The normalized spacial score (nSPS) is 12.0. The van der Waals surface area contributed by atoms with Crippen molar-refractivity contribution in [3.63, 3.8) is 0 Å². The lowest BCUT2D eigenvalue weighted by Crippen LogP contribution is -2.39. The number of rotatable bonds is 6. The zero-order valence-corrected chi connectivity index (χ0v) is 12.7. The van der Waals surface area contributed by atoms with Gasteiger partial charge in [-0.3, -0.25) is 9.80 Å². The first kappa shape index (κ1) is 16.6. The summed E-state index contributed by atoms with van der Waals surface area (Å²) >= 11 is 0. The van der Waals surface area contributed by atoms with Gasteiger partial charge in [0.25, 0.3) is 5.91 Å². The van der Waals surface area contributed by atoms with E-state index in [1.165, 1.54) is 0 Å². The first-order valence-electron chi connectivity index (χ1n) is 6.60. The number of hydrogen-bond donors (Lipinski definition) is 1. The van der Waals surface area contributed by atoms with E-state index in [1.807, 2.05) is 0 Å². The fourth-order valence-electron chi connectivity index (χ4n) is 1.43. The molecular weight excluding hydrogens is 272 g/mol. The first-order chi connectivity index (χ1) is 9.93. The van der Waals surface area contributed by atoms with Crippen molar-refractivity contribution in [3.8, 4) is 0 Å². The standard InChI is InChI=1S/C14H20N4O3/c1-5-21-14(20)10(2)15-13(19)11-6-8-12(9-7-11)16-17-18(3)4/h6-10H,5H2,1-4H3,(H,15,19). The minimum atomic E-state index is -0.689. The maximum absolute atomic E-state index is 12.0. The van der Waals surface area contributed by atoms with Gasteiger partial charge in [-0.05, 0) is 38.1 Å². The molecule has 1 aromatic rings. The molecule has 0 heterocycles. The van der Waals surface area contributed by atoms with E-state index in [-0.39, 0.29) is 12.5 Å². The molecule has 1 atom stereocenters. The maximum Gasteiger partial charge on any atom is 0.328 e. The summed E-state index contributed by atoms with van der Waals surface area (Å²) in [7, 11) is 3.53. The van der Waals surface area contributed by atoms with E-state index >= 15 is 0 Å². The number of benzene rings is 1. The van der Waals surface area contributed by atoms with E-state index in [9.17, 15) is 9.59 Å². The molecule has 0 spiro atoms. The van der Waals surface area contributed by atoms with Crippen LogP contribution in [0.4, 0.5) is 5.69 Å². The van der Waals surface area contributed by atoms with Crippen molar-refractivity contribution in [2.75, 3.05) is 20.7 Å². The zero-order chi connectivity index (χ0) is 15.8. The summed E-state index contributed by atoms with van der Waals surface area (Å²) in [5.41, 5.74) is 1.08. The Morgan fingerprint density at radius 1 is 1.29 bits per heavy atom. The average Bonchev–Trinajstić information content (AvgIpc) is 2.45. The van der Waals surface area contributed by atoms with Gasteiger partial charge in [0.2, 0.25) is 0 Å². The molecule has 0 radical (unpaired) electrons. The molecule has 21 heavy (non-hydrogen) atoms. The molecule has 0 bridgehead atoms. The molecule has 1 rings (SSSR count). The highest BCUT2D eigenvalue weighted by molar-refractivity contribution is 5.96. The summed E-state index contributed by atoms with van der Waals surface area (Å²) in [6.07, 6.45) is 0. The van der Waals surface area contributed by atoms with Crippen LogP contribution in [0.25, 0.3) is 0 Å². The van der Waals surface area contributed by atoms with E-state index in [1.54, 1.807) is 57.2 Å². The molecule has 1 unspecified atom stereocenters. The molecule has 0 aliphatic heterocycles. The molecule has 0 fully saturated rings. The van der Waals surface area contributed by atoms with Crippen LogP contribution in [-0.2, 0) is 9.53 Å². The monoisotopic (exact) mass is 292 g/mol. The molecule has 0 saturated heterocycles. The quantitative estimate of drug-likeness (QED) is 0.493. The van der Waals surface area contributed by atoms with Gasteiger partial charge in [0, 0.05) is 19.7 Å². The Hall–Kier alpha value is -2.44. The third-order valence-electron chi connectivity index (χ3n) is 2.46. The van der Waals surface area contributed by atoms with Crippen LogP contribution in [0.15, 0.2) is 34.6 Å². The molecule has 0 saturated carbocycles. The van der Waals surface area contributed by atoms with Crippen LogP contribution in [0.3, 0.4) is 0 Å². The minimum Gasteiger partial charge on any atom is -0.464 e. The molecule has 7 heteroatoms. The predicted octanol–water partition coefficient (Wildman–Crippen LogP) is 1.93. The molecule has 0 aliphatic carbocycles. The summed E-state index contributed by atoms with van der Waals surface area (Å²) in [6, 6.07) is 5.91. The van der Waals surface area contributed by atoms with Crippen molar-refractivity contribution in [3.05, 3.63) is 29.8 Å². The SMILES string of the molecule is CCOC(=O)C(C)NC(=O)c1ccc(N=NN(C)C)cc1. The average molecular weight is 292 g/mol. The van der Waals surface area contributed by atoms with Crippen LogP contribution in [0.1, 0.15) is 24.2 Å². The van der Waals surface area contributed by atoms with Gasteiger partial charge in [-0.25, -0.2) is 4.79 Å². The third-order valence-corrected chi connectivity index (χ3v) is 2.46. The van der Waals surface area contributed by atoms with Crippen LogP contribution >= 0.6 is 0 Å². The molecule has 1 N–H and O–H groups in total. The number of ether oxygens (including phenoxy) is 1. The summed E-state index contributed by atoms with van der Waals surface area (Å²) in [6.45, 7) is 3.58. The number of nitrogens with one attached hydrogen (secondary N) is 1. The lowest BCUT2D eigenvalue weighted by Gasteiger charge is -2.12. The second-order valence-corrected chi connectivity index (χ2v) is 4.53. The number of esters is 1. The largest absolute Gasteiger partial charge is 0.464 e. The number of amides is 1. The van der Waals surface area contributed by atoms with Crippen LogP contribution < -0.4 is 5.32 Å². The Kier molecular flexibility index (Phi) is 6.32. The van der Waals surface area contributed by atoms with E-state index in [2.05, 4.69) is 15.7 Å². The topological polar surface area (TPSA) is 83.4 Å². The Morgan fingerprint density at radius 3 is 2.43 bits per heavy atom. The van der Waals surface area contributed by atoms with Crippen molar-refractivity contribution >= 4 is 17.6 Å². The maximum atomic E-state index is 12.0. The van der Waals surface area contributed by atoms with Crippen LogP contribution in [-0.4, -0.2) is 43.6 Å². The van der Waals surface area contributed by atoms with Gasteiger partial charge >= 0.3 is 5.97 Å². The predicted molar refractivity (Wildman–Crippen MR) is 78.2 cm³/mol. The second kappa shape index (κ2) is 7.98. The highest BCUT2D eigenvalue weighted by Crippen LogP contribution is 2.13. The fourth-order valence-corrected chi connectivity index (χ4v) is 1.43. The van der Waals surface area contributed by atoms with E-state index in [0.29, 0.717) is 11.3 Å². The molecular formula is C14H20N4O3. The Labute approximate surface area is 124 Å². The lowest BCUT2D eigenvalue weighted by molar-refractivity contribution is -0.144. The van der Waals surface area contributed by atoms with Gasteiger partial charge in [0.1, 0.15) is 6.04 Å². The van der Waals surface area contributed by atoms with Gasteiger partial charge in [-0.15, -0.1) is 5.11 Å². The molecule has 1 aromatic carbocycles. The van der Waals surface area contributed by atoms with Crippen molar-refractivity contribution in [2.24, 2.45) is 10.3 Å². The van der Waals surface area contributed by atoms with Crippen molar-refractivity contribution in [1.29, 1.82) is 0 Å².